The van der Waals surface area contributed by atoms with Crippen molar-refractivity contribution < 1.29 is 9.59 Å². The second-order valence-corrected chi connectivity index (χ2v) is 7.27. The Hall–Kier alpha value is -1.88. The lowest BCUT2D eigenvalue weighted by Crippen LogP contribution is -2.54. The molecule has 1 fully saturated rings. The van der Waals surface area contributed by atoms with Gasteiger partial charge in [-0.2, -0.15) is 0 Å². The molecular weight excluding hydrogens is 302 g/mol. The molecule has 1 saturated heterocycles. The van der Waals surface area contributed by atoms with E-state index in [2.05, 4.69) is 43.4 Å². The van der Waals surface area contributed by atoms with E-state index in [1.54, 1.807) is 0 Å². The monoisotopic (exact) mass is 331 g/mol. The van der Waals surface area contributed by atoms with Crippen LogP contribution in [0.3, 0.4) is 0 Å². The van der Waals surface area contributed by atoms with Crippen LogP contribution in [-0.4, -0.2) is 35.3 Å². The van der Waals surface area contributed by atoms with Crippen molar-refractivity contribution in [2.75, 3.05) is 13.1 Å². The number of benzene rings is 1. The normalized spacial score (nSPS) is 22.5. The molecule has 2 amide bonds. The van der Waals surface area contributed by atoms with Crippen LogP contribution in [0.2, 0.25) is 0 Å². The summed E-state index contributed by atoms with van der Waals surface area (Å²) in [4.78, 5) is 25.9. The van der Waals surface area contributed by atoms with E-state index < -0.39 is 5.54 Å². The van der Waals surface area contributed by atoms with E-state index in [1.807, 2.05) is 18.7 Å². The topological polar surface area (TPSA) is 75.4 Å². The fourth-order valence-electron chi connectivity index (χ4n) is 3.26. The lowest BCUT2D eigenvalue weighted by Gasteiger charge is -2.31. The van der Waals surface area contributed by atoms with E-state index in [9.17, 15) is 9.59 Å². The minimum Gasteiger partial charge on any atom is -0.368 e. The third kappa shape index (κ3) is 3.96. The number of rotatable bonds is 6. The first kappa shape index (κ1) is 18.5. The zero-order chi connectivity index (χ0) is 17.9. The van der Waals surface area contributed by atoms with Crippen LogP contribution >= 0.6 is 0 Å². The van der Waals surface area contributed by atoms with E-state index in [0.29, 0.717) is 12.3 Å². The Morgan fingerprint density at radius 1 is 1.21 bits per heavy atom. The molecule has 1 unspecified atom stereocenters. The third-order valence-corrected chi connectivity index (χ3v) is 5.14. The van der Waals surface area contributed by atoms with Crippen LogP contribution in [0.4, 0.5) is 0 Å². The second-order valence-electron chi connectivity index (χ2n) is 7.27. The van der Waals surface area contributed by atoms with E-state index in [-0.39, 0.29) is 24.4 Å². The predicted octanol–water partition coefficient (Wildman–Crippen LogP) is 2.33. The first-order chi connectivity index (χ1) is 11.2. The van der Waals surface area contributed by atoms with E-state index in [4.69, 9.17) is 5.73 Å². The molecule has 1 aromatic carbocycles. The molecule has 5 heteroatoms. The Labute approximate surface area is 144 Å². The van der Waals surface area contributed by atoms with E-state index in [1.165, 1.54) is 5.56 Å². The summed E-state index contributed by atoms with van der Waals surface area (Å²) in [5, 5.41) is 3.02. The maximum Gasteiger partial charge on any atom is 0.237 e. The molecule has 1 aliphatic heterocycles. The fraction of sp³-hybridized carbons (Fsp3) is 0.579. The van der Waals surface area contributed by atoms with Crippen LogP contribution < -0.4 is 11.1 Å². The quantitative estimate of drug-likeness (QED) is 0.840. The Kier molecular flexibility index (Phi) is 5.65. The Morgan fingerprint density at radius 2 is 1.79 bits per heavy atom. The molecule has 2 atom stereocenters. The number of likely N-dealkylation sites (tertiary alicyclic amines) is 1. The molecule has 0 bridgehead atoms. The van der Waals surface area contributed by atoms with Gasteiger partial charge in [-0.25, -0.2) is 0 Å². The molecule has 1 aliphatic rings. The van der Waals surface area contributed by atoms with Gasteiger partial charge in [0.05, 0.1) is 18.1 Å². The van der Waals surface area contributed by atoms with Gasteiger partial charge in [0.1, 0.15) is 0 Å². The minimum absolute atomic E-state index is 0.0684. The highest BCUT2D eigenvalue weighted by Gasteiger charge is 2.42. The molecule has 3 N–H and O–H groups in total. The van der Waals surface area contributed by atoms with Gasteiger partial charge in [-0.1, -0.05) is 38.1 Å². The van der Waals surface area contributed by atoms with Gasteiger partial charge in [-0.3, -0.25) is 14.5 Å². The average molecular weight is 331 g/mol. The summed E-state index contributed by atoms with van der Waals surface area (Å²) in [6.45, 7) is 9.04. The van der Waals surface area contributed by atoms with Gasteiger partial charge < -0.3 is 11.1 Å². The number of hydrogen-bond acceptors (Lipinski definition) is 3. The number of carbonyl (C=O) groups is 2. The Morgan fingerprint density at radius 3 is 2.33 bits per heavy atom. The van der Waals surface area contributed by atoms with Crippen molar-refractivity contribution in [2.24, 2.45) is 5.73 Å². The molecule has 2 rings (SSSR count). The zero-order valence-corrected chi connectivity index (χ0v) is 15.1. The average Bonchev–Trinajstić information content (AvgIpc) is 2.89. The Balaban J connectivity index is 1.95. The van der Waals surface area contributed by atoms with Crippen molar-refractivity contribution in [3.63, 3.8) is 0 Å². The summed E-state index contributed by atoms with van der Waals surface area (Å²) in [5.74, 6) is 0.0560. The van der Waals surface area contributed by atoms with Crippen LogP contribution in [0.5, 0.6) is 0 Å². The van der Waals surface area contributed by atoms with Crippen LogP contribution in [0.15, 0.2) is 24.3 Å². The summed E-state index contributed by atoms with van der Waals surface area (Å²) in [5.41, 5.74) is 7.17. The first-order valence-electron chi connectivity index (χ1n) is 8.68. The van der Waals surface area contributed by atoms with Crippen LogP contribution in [0.25, 0.3) is 0 Å². The minimum atomic E-state index is -0.709. The largest absolute Gasteiger partial charge is 0.368 e. The van der Waals surface area contributed by atoms with Crippen LogP contribution in [0.1, 0.15) is 63.6 Å². The van der Waals surface area contributed by atoms with Gasteiger partial charge in [0, 0.05) is 0 Å². The summed E-state index contributed by atoms with van der Waals surface area (Å²) in [7, 11) is 0. The Bertz CT molecular complexity index is 597. The number of amides is 2. The number of nitrogens with two attached hydrogens (primary N) is 1. The SMILES string of the molecule is CC(C)c1ccc(C(C)NC(=O)CN2CCC[C@@]2(C)C(N)=O)cc1. The van der Waals surface area contributed by atoms with Gasteiger partial charge in [-0.15, -0.1) is 0 Å². The van der Waals surface area contributed by atoms with Gasteiger partial charge in [0.15, 0.2) is 0 Å². The molecular formula is C19H29N3O2. The van der Waals surface area contributed by atoms with Crippen molar-refractivity contribution in [2.45, 2.75) is 58.0 Å². The first-order valence-corrected chi connectivity index (χ1v) is 8.68. The molecule has 1 heterocycles. The summed E-state index contributed by atoms with van der Waals surface area (Å²) in [6, 6.07) is 8.26. The smallest absolute Gasteiger partial charge is 0.237 e. The molecule has 0 radical (unpaired) electrons. The van der Waals surface area contributed by atoms with Crippen molar-refractivity contribution >= 4 is 11.8 Å². The standard InChI is InChI=1S/C19H29N3O2/c1-13(2)15-6-8-16(9-7-15)14(3)21-17(23)12-22-11-5-10-19(22,4)18(20)24/h6-9,13-14H,5,10-12H2,1-4H3,(H2,20,24)(H,21,23)/t14?,19-/m0/s1. The number of hydrogen-bond donors (Lipinski definition) is 2. The number of carbonyl (C=O) groups excluding carboxylic acids is 2. The molecule has 0 spiro atoms. The summed E-state index contributed by atoms with van der Waals surface area (Å²) < 4.78 is 0. The number of primary amides is 1. The second kappa shape index (κ2) is 7.34. The molecule has 5 nitrogen and oxygen atoms in total. The van der Waals surface area contributed by atoms with E-state index in [0.717, 1.165) is 18.5 Å². The maximum absolute atomic E-state index is 12.4. The van der Waals surface area contributed by atoms with Crippen molar-refractivity contribution in [1.29, 1.82) is 0 Å². The molecule has 0 aromatic heterocycles. The zero-order valence-electron chi connectivity index (χ0n) is 15.1. The molecule has 24 heavy (non-hydrogen) atoms. The highest BCUT2D eigenvalue weighted by Crippen LogP contribution is 2.28. The van der Waals surface area contributed by atoms with Crippen molar-refractivity contribution in [3.05, 3.63) is 35.4 Å². The fourth-order valence-corrected chi connectivity index (χ4v) is 3.26. The lowest BCUT2D eigenvalue weighted by molar-refractivity contribution is -0.130. The summed E-state index contributed by atoms with van der Waals surface area (Å²) in [6.07, 6.45) is 1.60. The molecule has 132 valence electrons. The van der Waals surface area contributed by atoms with E-state index >= 15 is 0 Å². The predicted molar refractivity (Wildman–Crippen MR) is 95.5 cm³/mol. The van der Waals surface area contributed by atoms with Gasteiger partial charge in [0.2, 0.25) is 11.8 Å². The van der Waals surface area contributed by atoms with Crippen molar-refractivity contribution in [1.82, 2.24) is 10.2 Å². The summed E-state index contributed by atoms with van der Waals surface area (Å²) >= 11 is 0. The van der Waals surface area contributed by atoms with Gasteiger partial charge >= 0.3 is 0 Å². The molecule has 0 aliphatic carbocycles. The van der Waals surface area contributed by atoms with Crippen LogP contribution in [-0.2, 0) is 9.59 Å². The van der Waals surface area contributed by atoms with Crippen LogP contribution in [0, 0.1) is 0 Å². The highest BCUT2D eigenvalue weighted by atomic mass is 16.2. The van der Waals surface area contributed by atoms with Crippen molar-refractivity contribution in [3.8, 4) is 0 Å². The highest BCUT2D eigenvalue weighted by molar-refractivity contribution is 5.86. The number of nitrogens with one attached hydrogen (secondary N) is 1. The molecule has 0 saturated carbocycles. The maximum atomic E-state index is 12.4. The third-order valence-electron chi connectivity index (χ3n) is 5.14. The van der Waals surface area contributed by atoms with Gasteiger partial charge in [-0.05, 0) is 50.3 Å². The number of nitrogens with zero attached hydrogens (tertiary/aromatic N) is 1. The molecule has 1 aromatic rings. The van der Waals surface area contributed by atoms with Gasteiger partial charge in [0.25, 0.3) is 0 Å². The lowest BCUT2D eigenvalue weighted by atomic mass is 9.98.